The highest BCUT2D eigenvalue weighted by Gasteiger charge is 2.21. The van der Waals surface area contributed by atoms with Gasteiger partial charge in [-0.15, -0.1) is 0 Å². The van der Waals surface area contributed by atoms with Gasteiger partial charge in [0.15, 0.2) is 17.3 Å². The zero-order valence-electron chi connectivity index (χ0n) is 11.0. The summed E-state index contributed by atoms with van der Waals surface area (Å²) in [5, 5.41) is 0. The van der Waals surface area contributed by atoms with Gasteiger partial charge >= 0.3 is 0 Å². The molecule has 18 heavy (non-hydrogen) atoms. The van der Waals surface area contributed by atoms with Crippen molar-refractivity contribution in [2.24, 2.45) is 0 Å². The molecule has 0 aromatic heterocycles. The molecule has 0 aliphatic heterocycles. The number of hydrogen-bond donors (Lipinski definition) is 0. The number of benzene rings is 1. The molecule has 0 bridgehead atoms. The van der Waals surface area contributed by atoms with Crippen molar-refractivity contribution >= 4 is 17.3 Å². The van der Waals surface area contributed by atoms with Crippen LogP contribution in [0.5, 0.6) is 0 Å². The van der Waals surface area contributed by atoms with Gasteiger partial charge in [-0.3, -0.25) is 14.4 Å². The van der Waals surface area contributed by atoms with Crippen molar-refractivity contribution < 1.29 is 14.4 Å². The maximum Gasteiger partial charge on any atom is 0.164 e. The predicted molar refractivity (Wildman–Crippen MR) is 69.1 cm³/mol. The molecule has 1 aromatic rings. The van der Waals surface area contributed by atoms with Crippen molar-refractivity contribution in [2.75, 3.05) is 0 Å². The fourth-order valence-electron chi connectivity index (χ4n) is 1.78. The number of carbonyl (C=O) groups is 3. The molecule has 1 aromatic carbocycles. The maximum atomic E-state index is 12.0. The molecule has 0 aliphatic rings. The molecule has 0 atom stereocenters. The Morgan fingerprint density at radius 1 is 0.944 bits per heavy atom. The second-order valence-corrected chi connectivity index (χ2v) is 3.97. The molecule has 1 radical (unpaired) electrons. The van der Waals surface area contributed by atoms with E-state index < -0.39 is 0 Å². The Bertz CT molecular complexity index is 452. The first-order valence-electron chi connectivity index (χ1n) is 6.21. The van der Waals surface area contributed by atoms with E-state index in [1.165, 1.54) is 6.07 Å². The molecule has 0 fully saturated rings. The van der Waals surface area contributed by atoms with E-state index in [2.05, 4.69) is 6.07 Å². The normalized spacial score (nSPS) is 10.2. The standard InChI is InChI=1S/C15H17O3/c1-4-12(16)10-8-7-9-11(13(17)5-2)15(10)14(18)6-3/h7-8H,4-6H2,1-3H3. The summed E-state index contributed by atoms with van der Waals surface area (Å²) in [6, 6.07) is 5.91. The molecule has 0 aliphatic carbocycles. The largest absolute Gasteiger partial charge is 0.294 e. The quantitative estimate of drug-likeness (QED) is 0.723. The van der Waals surface area contributed by atoms with E-state index in [1.807, 2.05) is 0 Å². The van der Waals surface area contributed by atoms with Crippen LogP contribution in [-0.4, -0.2) is 17.3 Å². The number of carbonyl (C=O) groups excluding carboxylic acids is 3. The lowest BCUT2D eigenvalue weighted by Crippen LogP contribution is -2.14. The van der Waals surface area contributed by atoms with Crippen molar-refractivity contribution in [1.29, 1.82) is 0 Å². The molecule has 0 unspecified atom stereocenters. The highest BCUT2D eigenvalue weighted by atomic mass is 16.1. The van der Waals surface area contributed by atoms with Crippen molar-refractivity contribution in [1.82, 2.24) is 0 Å². The van der Waals surface area contributed by atoms with Crippen molar-refractivity contribution in [3.05, 3.63) is 34.9 Å². The third kappa shape index (κ3) is 2.73. The van der Waals surface area contributed by atoms with Gasteiger partial charge in [0.2, 0.25) is 0 Å². The van der Waals surface area contributed by atoms with Gasteiger partial charge in [0.25, 0.3) is 0 Å². The second kappa shape index (κ2) is 6.24. The van der Waals surface area contributed by atoms with Crippen LogP contribution < -0.4 is 0 Å². The van der Waals surface area contributed by atoms with Gasteiger partial charge in [-0.25, -0.2) is 0 Å². The van der Waals surface area contributed by atoms with Gasteiger partial charge < -0.3 is 0 Å². The van der Waals surface area contributed by atoms with Gasteiger partial charge in [-0.05, 0) is 6.07 Å². The third-order valence-electron chi connectivity index (χ3n) is 2.82. The summed E-state index contributed by atoms with van der Waals surface area (Å²) in [7, 11) is 0. The Kier molecular flexibility index (Phi) is 4.95. The SMILES string of the molecule is CCC(=O)c1[c]ccc(C(=O)CC)c1C(=O)CC. The van der Waals surface area contributed by atoms with Crippen LogP contribution in [0.3, 0.4) is 0 Å². The van der Waals surface area contributed by atoms with Crippen LogP contribution in [0.4, 0.5) is 0 Å². The average molecular weight is 245 g/mol. The van der Waals surface area contributed by atoms with Crippen molar-refractivity contribution in [2.45, 2.75) is 40.0 Å². The van der Waals surface area contributed by atoms with Crippen LogP contribution in [-0.2, 0) is 0 Å². The first-order valence-corrected chi connectivity index (χ1v) is 6.21. The number of Topliss-reactive ketones (excluding diaryl/α,β-unsaturated/α-hetero) is 3. The van der Waals surface area contributed by atoms with E-state index in [0.29, 0.717) is 18.4 Å². The van der Waals surface area contributed by atoms with Crippen LogP contribution in [0.25, 0.3) is 0 Å². The summed E-state index contributed by atoms with van der Waals surface area (Å²) in [5.41, 5.74) is 0.849. The fraction of sp³-hybridized carbons (Fsp3) is 0.400. The van der Waals surface area contributed by atoms with Crippen molar-refractivity contribution in [3.63, 3.8) is 0 Å². The van der Waals surface area contributed by atoms with Crippen LogP contribution in [0.2, 0.25) is 0 Å². The highest BCUT2D eigenvalue weighted by molar-refractivity contribution is 6.15. The zero-order chi connectivity index (χ0) is 13.7. The van der Waals surface area contributed by atoms with Crippen molar-refractivity contribution in [3.8, 4) is 0 Å². The molecule has 3 nitrogen and oxygen atoms in total. The van der Waals surface area contributed by atoms with Crippen LogP contribution >= 0.6 is 0 Å². The number of hydrogen-bond acceptors (Lipinski definition) is 3. The van der Waals surface area contributed by atoms with E-state index in [-0.39, 0.29) is 34.9 Å². The second-order valence-electron chi connectivity index (χ2n) is 3.97. The van der Waals surface area contributed by atoms with Gasteiger partial charge in [-0.2, -0.15) is 0 Å². The zero-order valence-corrected chi connectivity index (χ0v) is 11.0. The Balaban J connectivity index is 3.49. The number of rotatable bonds is 6. The smallest absolute Gasteiger partial charge is 0.164 e. The van der Waals surface area contributed by atoms with E-state index in [9.17, 15) is 14.4 Å². The highest BCUT2D eigenvalue weighted by Crippen LogP contribution is 2.20. The van der Waals surface area contributed by atoms with E-state index in [1.54, 1.807) is 26.8 Å². The maximum absolute atomic E-state index is 12.0. The lowest BCUT2D eigenvalue weighted by molar-refractivity contribution is 0.0942. The molecule has 0 spiro atoms. The van der Waals surface area contributed by atoms with Crippen LogP contribution in [0, 0.1) is 6.07 Å². The monoisotopic (exact) mass is 245 g/mol. The predicted octanol–water partition coefficient (Wildman–Crippen LogP) is 3.26. The Morgan fingerprint density at radius 3 is 2.00 bits per heavy atom. The van der Waals surface area contributed by atoms with E-state index in [0.717, 1.165) is 0 Å². The van der Waals surface area contributed by atoms with Gasteiger partial charge in [0.1, 0.15) is 0 Å². The third-order valence-corrected chi connectivity index (χ3v) is 2.82. The Labute approximate surface area is 107 Å². The summed E-state index contributed by atoms with van der Waals surface area (Å²) in [5.74, 6) is -0.455. The summed E-state index contributed by atoms with van der Waals surface area (Å²) in [6.07, 6.45) is 0.879. The molecule has 0 amide bonds. The lowest BCUT2D eigenvalue weighted by Gasteiger charge is -2.10. The molecular formula is C15H17O3. The molecule has 1 rings (SSSR count). The summed E-state index contributed by atoms with van der Waals surface area (Å²) in [4.78, 5) is 35.6. The number of ketones is 3. The molecule has 0 heterocycles. The topological polar surface area (TPSA) is 51.2 Å². The van der Waals surface area contributed by atoms with Crippen LogP contribution in [0.15, 0.2) is 12.1 Å². The minimum absolute atomic E-state index is 0.119. The first-order chi connectivity index (χ1) is 8.56. The van der Waals surface area contributed by atoms with Crippen LogP contribution in [0.1, 0.15) is 71.1 Å². The molecule has 95 valence electrons. The van der Waals surface area contributed by atoms with Gasteiger partial charge in [0, 0.05) is 36.0 Å². The van der Waals surface area contributed by atoms with E-state index >= 15 is 0 Å². The molecule has 3 heteroatoms. The fourth-order valence-corrected chi connectivity index (χ4v) is 1.78. The molecule has 0 saturated carbocycles. The Hall–Kier alpha value is -1.77. The van der Waals surface area contributed by atoms with E-state index in [4.69, 9.17) is 0 Å². The van der Waals surface area contributed by atoms with Gasteiger partial charge in [0.05, 0.1) is 0 Å². The minimum Gasteiger partial charge on any atom is -0.294 e. The molecule has 0 N–H and O–H groups in total. The molecule has 0 saturated heterocycles. The Morgan fingerprint density at radius 2 is 1.50 bits per heavy atom. The average Bonchev–Trinajstić information content (AvgIpc) is 2.43. The summed E-state index contributed by atoms with van der Waals surface area (Å²) in [6.45, 7) is 5.18. The summed E-state index contributed by atoms with van der Waals surface area (Å²) < 4.78 is 0. The van der Waals surface area contributed by atoms with Gasteiger partial charge in [-0.1, -0.05) is 32.9 Å². The molecular weight excluding hydrogens is 228 g/mol. The summed E-state index contributed by atoms with van der Waals surface area (Å²) >= 11 is 0. The minimum atomic E-state index is -0.180. The lowest BCUT2D eigenvalue weighted by atomic mass is 9.90. The first kappa shape index (κ1) is 14.3.